The Morgan fingerprint density at radius 3 is 2.79 bits per heavy atom. The van der Waals surface area contributed by atoms with E-state index >= 15 is 0 Å². The minimum Gasteiger partial charge on any atom is -0.339 e. The number of likely N-dealkylation sites (N-methyl/N-ethyl adjacent to an activating group) is 1. The van der Waals surface area contributed by atoms with Crippen LogP contribution < -0.4 is 10.6 Å². The zero-order valence-corrected chi connectivity index (χ0v) is 16.1. The summed E-state index contributed by atoms with van der Waals surface area (Å²) in [6.45, 7) is 0. The lowest BCUT2D eigenvalue weighted by Gasteiger charge is -2.30. The molecule has 1 aromatic heterocycles. The third-order valence-electron chi connectivity index (χ3n) is 5.02. The second-order valence-electron chi connectivity index (χ2n) is 6.67. The lowest BCUT2D eigenvalue weighted by molar-refractivity contribution is -0.117. The molecule has 8 nitrogen and oxygen atoms in total. The van der Waals surface area contributed by atoms with E-state index in [1.165, 1.54) is 18.6 Å². The van der Waals surface area contributed by atoms with Gasteiger partial charge in [0.1, 0.15) is 17.8 Å². The predicted octanol–water partition coefficient (Wildman–Crippen LogP) is 1.62. The molecule has 0 saturated carbocycles. The summed E-state index contributed by atoms with van der Waals surface area (Å²) in [5, 5.41) is 5.61. The van der Waals surface area contributed by atoms with Gasteiger partial charge in [-0.25, -0.2) is 9.97 Å². The van der Waals surface area contributed by atoms with Gasteiger partial charge in [-0.2, -0.15) is 0 Å². The highest BCUT2D eigenvalue weighted by Crippen LogP contribution is 2.39. The molecule has 0 radical (unpaired) electrons. The summed E-state index contributed by atoms with van der Waals surface area (Å²) in [4.78, 5) is 46.5. The number of carbonyl (C=O) groups is 3. The number of nitrogens with one attached hydrogen (secondary N) is 2. The standard InChI is InChI=1S/C20H16ClN5O3/c1-26-17(15(21)8-13(10-27)24-16-6-7-22-11-23-16)19(29)25-20(26)9-12-4-2-3-5-14(12)18(20)28/h2-8,10-11H,9H2,1H3,(H,25,29)(H,22,23,24)/b13-8+,17-15+. The number of hydrogen-bond donors (Lipinski definition) is 2. The number of ketones is 1. The molecule has 1 amide bonds. The van der Waals surface area contributed by atoms with E-state index in [1.54, 1.807) is 30.1 Å². The fourth-order valence-electron chi connectivity index (χ4n) is 3.61. The summed E-state index contributed by atoms with van der Waals surface area (Å²) in [5.41, 5.74) is 0.426. The maximum atomic E-state index is 13.0. The van der Waals surface area contributed by atoms with Crippen LogP contribution in [0.4, 0.5) is 5.82 Å². The van der Waals surface area contributed by atoms with E-state index in [-0.39, 0.29) is 22.2 Å². The highest BCUT2D eigenvalue weighted by Gasteiger charge is 2.56. The van der Waals surface area contributed by atoms with Crippen LogP contribution in [0, 0.1) is 0 Å². The summed E-state index contributed by atoms with van der Waals surface area (Å²) in [5.74, 6) is -0.278. The molecule has 4 rings (SSSR count). The van der Waals surface area contributed by atoms with Gasteiger partial charge in [0, 0.05) is 25.2 Å². The lowest BCUT2D eigenvalue weighted by Crippen LogP contribution is -2.55. The molecule has 1 atom stereocenters. The van der Waals surface area contributed by atoms with E-state index in [1.807, 2.05) is 12.1 Å². The molecule has 1 spiro atoms. The first-order chi connectivity index (χ1) is 14.0. The summed E-state index contributed by atoms with van der Waals surface area (Å²) in [6, 6.07) is 8.82. The van der Waals surface area contributed by atoms with Crippen LogP contribution in [0.25, 0.3) is 0 Å². The van der Waals surface area contributed by atoms with Gasteiger partial charge in [-0.1, -0.05) is 35.9 Å². The number of benzene rings is 1. The van der Waals surface area contributed by atoms with Crippen molar-refractivity contribution in [2.24, 2.45) is 0 Å². The van der Waals surface area contributed by atoms with Crippen molar-refractivity contribution >= 4 is 35.4 Å². The number of amides is 1. The molecule has 1 aliphatic heterocycles. The van der Waals surface area contributed by atoms with Crippen molar-refractivity contribution in [3.05, 3.63) is 76.5 Å². The number of Topliss-reactive ketones (excluding diaryl/α,β-unsaturated/α-hetero) is 1. The number of allylic oxidation sites excluding steroid dienone is 3. The minimum absolute atomic E-state index is 0.0225. The Morgan fingerprint density at radius 2 is 2.10 bits per heavy atom. The Kier molecular flexibility index (Phi) is 4.63. The van der Waals surface area contributed by atoms with Gasteiger partial charge in [0.25, 0.3) is 5.91 Å². The van der Waals surface area contributed by atoms with E-state index < -0.39 is 11.6 Å². The van der Waals surface area contributed by atoms with Crippen molar-refractivity contribution in [2.75, 3.05) is 12.4 Å². The van der Waals surface area contributed by atoms with E-state index in [9.17, 15) is 14.4 Å². The zero-order chi connectivity index (χ0) is 20.6. The molecule has 1 fully saturated rings. The average molecular weight is 410 g/mol. The quantitative estimate of drug-likeness (QED) is 0.584. The van der Waals surface area contributed by atoms with Gasteiger partial charge >= 0.3 is 0 Å². The second-order valence-corrected chi connectivity index (χ2v) is 7.08. The molecule has 2 heterocycles. The van der Waals surface area contributed by atoms with Gasteiger partial charge < -0.3 is 15.5 Å². The Balaban J connectivity index is 1.68. The third kappa shape index (κ3) is 3.07. The minimum atomic E-state index is -1.22. The molecule has 1 aliphatic carbocycles. The fraction of sp³-hybridized carbons (Fsp3) is 0.150. The lowest BCUT2D eigenvalue weighted by atomic mass is 10.1. The molecule has 1 aromatic carbocycles. The van der Waals surface area contributed by atoms with Crippen molar-refractivity contribution in [3.63, 3.8) is 0 Å². The number of halogens is 1. The number of rotatable bonds is 4. The number of aromatic nitrogens is 2. The van der Waals surface area contributed by atoms with Crippen LogP contribution in [0.3, 0.4) is 0 Å². The van der Waals surface area contributed by atoms with Crippen molar-refractivity contribution < 1.29 is 14.4 Å². The van der Waals surface area contributed by atoms with Gasteiger partial charge in [0.15, 0.2) is 11.9 Å². The van der Waals surface area contributed by atoms with Crippen LogP contribution in [0.5, 0.6) is 0 Å². The molecule has 1 unspecified atom stereocenters. The summed E-state index contributed by atoms with van der Waals surface area (Å²) < 4.78 is 0. The Bertz CT molecular complexity index is 1080. The maximum absolute atomic E-state index is 13.0. The van der Waals surface area contributed by atoms with E-state index in [2.05, 4.69) is 20.6 Å². The SMILES string of the molecule is CN1/C(=C(Cl)\C=C(/C=O)Nc2ccncn2)C(=O)NC12Cc1ccccc1C2=O. The van der Waals surface area contributed by atoms with Gasteiger partial charge in [0.05, 0.1) is 10.7 Å². The highest BCUT2D eigenvalue weighted by atomic mass is 35.5. The number of aldehydes is 1. The van der Waals surface area contributed by atoms with Crippen LogP contribution in [-0.4, -0.2) is 45.6 Å². The van der Waals surface area contributed by atoms with Gasteiger partial charge in [-0.05, 0) is 17.7 Å². The van der Waals surface area contributed by atoms with Crippen LogP contribution in [-0.2, 0) is 16.0 Å². The van der Waals surface area contributed by atoms with E-state index in [0.717, 1.165) is 5.56 Å². The van der Waals surface area contributed by atoms with Crippen LogP contribution in [0.15, 0.2) is 65.4 Å². The topological polar surface area (TPSA) is 104 Å². The molecule has 2 aromatic rings. The van der Waals surface area contributed by atoms with Crippen LogP contribution >= 0.6 is 11.6 Å². The maximum Gasteiger partial charge on any atom is 0.271 e. The molecular weight excluding hydrogens is 394 g/mol. The number of hydrogen-bond acceptors (Lipinski definition) is 7. The number of carbonyl (C=O) groups excluding carboxylic acids is 3. The predicted molar refractivity (Wildman–Crippen MR) is 106 cm³/mol. The second kappa shape index (κ2) is 7.14. The molecule has 2 N–H and O–H groups in total. The molecule has 2 aliphatic rings. The highest BCUT2D eigenvalue weighted by molar-refractivity contribution is 6.34. The smallest absolute Gasteiger partial charge is 0.271 e. The molecule has 9 heteroatoms. The van der Waals surface area contributed by atoms with Crippen molar-refractivity contribution in [2.45, 2.75) is 12.1 Å². The molecular formula is C20H16ClN5O3. The first-order valence-electron chi connectivity index (χ1n) is 8.75. The molecule has 146 valence electrons. The normalized spacial score (nSPS) is 22.6. The third-order valence-corrected chi connectivity index (χ3v) is 5.31. The van der Waals surface area contributed by atoms with Crippen LogP contribution in [0.2, 0.25) is 0 Å². The first kappa shape index (κ1) is 18.8. The average Bonchev–Trinajstić information content (AvgIpc) is 3.15. The van der Waals surface area contributed by atoms with Crippen LogP contribution in [0.1, 0.15) is 15.9 Å². The Morgan fingerprint density at radius 1 is 1.31 bits per heavy atom. The Hall–Kier alpha value is -3.52. The molecule has 29 heavy (non-hydrogen) atoms. The number of nitrogens with zero attached hydrogens (tertiary/aromatic N) is 3. The summed E-state index contributed by atoms with van der Waals surface area (Å²) >= 11 is 6.40. The number of anilines is 1. The fourth-order valence-corrected chi connectivity index (χ4v) is 3.94. The Labute approximate surface area is 171 Å². The van der Waals surface area contributed by atoms with E-state index in [0.29, 0.717) is 24.1 Å². The van der Waals surface area contributed by atoms with Crippen molar-refractivity contribution in [3.8, 4) is 0 Å². The van der Waals surface area contributed by atoms with Gasteiger partial charge in [-0.3, -0.25) is 14.4 Å². The van der Waals surface area contributed by atoms with Crippen molar-refractivity contribution in [1.29, 1.82) is 0 Å². The monoisotopic (exact) mass is 409 g/mol. The summed E-state index contributed by atoms with van der Waals surface area (Å²) in [6.07, 6.45) is 5.07. The number of fused-ring (bicyclic) bond motifs is 1. The van der Waals surface area contributed by atoms with E-state index in [4.69, 9.17) is 11.6 Å². The van der Waals surface area contributed by atoms with Gasteiger partial charge in [0.2, 0.25) is 5.78 Å². The largest absolute Gasteiger partial charge is 0.339 e. The molecule has 0 bridgehead atoms. The zero-order valence-electron chi connectivity index (χ0n) is 15.3. The first-order valence-corrected chi connectivity index (χ1v) is 9.13. The molecule has 1 saturated heterocycles. The van der Waals surface area contributed by atoms with Gasteiger partial charge in [-0.15, -0.1) is 0 Å². The summed E-state index contributed by atoms with van der Waals surface area (Å²) in [7, 11) is 1.63. The van der Waals surface area contributed by atoms with Crippen molar-refractivity contribution in [1.82, 2.24) is 20.2 Å².